The third kappa shape index (κ3) is 2.68. The van der Waals surface area contributed by atoms with E-state index in [0.29, 0.717) is 5.69 Å². The Hall–Kier alpha value is -1.75. The number of thioether (sulfide) groups is 1. The summed E-state index contributed by atoms with van der Waals surface area (Å²) in [4.78, 5) is 11.9. The van der Waals surface area contributed by atoms with Crippen LogP contribution in [-0.4, -0.2) is 27.5 Å². The molecule has 0 aliphatic carbocycles. The van der Waals surface area contributed by atoms with Gasteiger partial charge in [0.2, 0.25) is 0 Å². The molecule has 0 saturated heterocycles. The van der Waals surface area contributed by atoms with Gasteiger partial charge in [0.15, 0.2) is 0 Å². The molecule has 1 aromatic heterocycles. The third-order valence-corrected chi connectivity index (χ3v) is 3.19. The molecule has 4 nitrogen and oxygen atoms in total. The van der Waals surface area contributed by atoms with Crippen LogP contribution in [0.1, 0.15) is 5.69 Å². The molecule has 88 valence electrons. The molecule has 0 spiro atoms. The van der Waals surface area contributed by atoms with Gasteiger partial charge in [0.25, 0.3) is 0 Å². The maximum Gasteiger partial charge on any atom is 0.309 e. The van der Waals surface area contributed by atoms with Crippen molar-refractivity contribution >= 4 is 17.7 Å². The van der Waals surface area contributed by atoms with Crippen LogP contribution in [0.5, 0.6) is 0 Å². The van der Waals surface area contributed by atoms with Crippen molar-refractivity contribution in [2.45, 2.75) is 11.3 Å². The Morgan fingerprint density at radius 3 is 2.71 bits per heavy atom. The number of aliphatic carboxylic acids is 1. The first-order valence-corrected chi connectivity index (χ1v) is 6.31. The molecule has 2 aromatic rings. The van der Waals surface area contributed by atoms with E-state index in [4.69, 9.17) is 5.11 Å². The van der Waals surface area contributed by atoms with E-state index in [-0.39, 0.29) is 6.42 Å². The standard InChI is InChI=1S/C12H12N2O2S/c1-17-9-4-2-8(3-5-9)10-7-13-14-11(10)6-12(15)16/h2-5,7H,6H2,1H3,(H,13,14)(H,15,16). The molecule has 0 atom stereocenters. The predicted molar refractivity (Wildman–Crippen MR) is 67.1 cm³/mol. The van der Waals surface area contributed by atoms with Crippen LogP contribution in [0.15, 0.2) is 35.4 Å². The Morgan fingerprint density at radius 1 is 1.41 bits per heavy atom. The lowest BCUT2D eigenvalue weighted by molar-refractivity contribution is -0.136. The highest BCUT2D eigenvalue weighted by Crippen LogP contribution is 2.25. The predicted octanol–water partition coefficient (Wildman–Crippen LogP) is 2.43. The first-order valence-electron chi connectivity index (χ1n) is 5.09. The smallest absolute Gasteiger partial charge is 0.309 e. The van der Waals surface area contributed by atoms with Crippen molar-refractivity contribution in [3.05, 3.63) is 36.2 Å². The molecule has 0 saturated carbocycles. The highest BCUT2D eigenvalue weighted by atomic mass is 32.2. The normalized spacial score (nSPS) is 10.4. The largest absolute Gasteiger partial charge is 0.481 e. The number of hydrogen-bond acceptors (Lipinski definition) is 3. The number of aromatic amines is 1. The van der Waals surface area contributed by atoms with Gasteiger partial charge in [-0.25, -0.2) is 0 Å². The summed E-state index contributed by atoms with van der Waals surface area (Å²) in [6, 6.07) is 7.97. The van der Waals surface area contributed by atoms with Crippen LogP contribution in [0.4, 0.5) is 0 Å². The minimum atomic E-state index is -0.865. The molecular formula is C12H12N2O2S. The van der Waals surface area contributed by atoms with Crippen molar-refractivity contribution in [2.75, 3.05) is 6.26 Å². The number of carboxylic acids is 1. The number of nitrogens with one attached hydrogen (secondary N) is 1. The quantitative estimate of drug-likeness (QED) is 0.815. The van der Waals surface area contributed by atoms with Gasteiger partial charge in [0, 0.05) is 10.5 Å². The maximum absolute atomic E-state index is 10.7. The van der Waals surface area contributed by atoms with Crippen molar-refractivity contribution in [3.63, 3.8) is 0 Å². The second-order valence-electron chi connectivity index (χ2n) is 3.56. The number of H-pyrrole nitrogens is 1. The second-order valence-corrected chi connectivity index (χ2v) is 4.44. The van der Waals surface area contributed by atoms with E-state index in [1.54, 1.807) is 18.0 Å². The van der Waals surface area contributed by atoms with Crippen LogP contribution in [-0.2, 0) is 11.2 Å². The number of benzene rings is 1. The summed E-state index contributed by atoms with van der Waals surface area (Å²) < 4.78 is 0. The Balaban J connectivity index is 2.32. The van der Waals surface area contributed by atoms with Crippen molar-refractivity contribution in [3.8, 4) is 11.1 Å². The number of carboxylic acid groups (broad SMARTS) is 1. The summed E-state index contributed by atoms with van der Waals surface area (Å²) in [5.41, 5.74) is 2.46. The molecule has 2 N–H and O–H groups in total. The van der Waals surface area contributed by atoms with Crippen LogP contribution in [0.25, 0.3) is 11.1 Å². The van der Waals surface area contributed by atoms with E-state index in [9.17, 15) is 4.79 Å². The zero-order chi connectivity index (χ0) is 12.3. The fourth-order valence-electron chi connectivity index (χ4n) is 1.62. The average molecular weight is 248 g/mol. The van der Waals surface area contributed by atoms with Gasteiger partial charge in [0.1, 0.15) is 0 Å². The number of hydrogen-bond donors (Lipinski definition) is 2. The number of rotatable bonds is 4. The minimum absolute atomic E-state index is 0.0421. The Bertz CT molecular complexity index is 520. The summed E-state index contributed by atoms with van der Waals surface area (Å²) in [5.74, 6) is -0.865. The molecule has 1 heterocycles. The molecule has 0 aliphatic heterocycles. The number of carbonyl (C=O) groups is 1. The van der Waals surface area contributed by atoms with Gasteiger partial charge in [-0.15, -0.1) is 11.8 Å². The van der Waals surface area contributed by atoms with Crippen molar-refractivity contribution < 1.29 is 9.90 Å². The molecule has 17 heavy (non-hydrogen) atoms. The minimum Gasteiger partial charge on any atom is -0.481 e. The molecule has 0 fully saturated rings. The van der Waals surface area contributed by atoms with Gasteiger partial charge in [-0.2, -0.15) is 5.10 Å². The molecule has 2 rings (SSSR count). The third-order valence-electron chi connectivity index (χ3n) is 2.45. The van der Waals surface area contributed by atoms with E-state index in [2.05, 4.69) is 10.2 Å². The Kier molecular flexibility index (Phi) is 3.49. The SMILES string of the molecule is CSc1ccc(-c2cn[nH]c2CC(=O)O)cc1. The summed E-state index contributed by atoms with van der Waals surface area (Å²) in [7, 11) is 0. The van der Waals surface area contributed by atoms with Crippen LogP contribution in [0, 0.1) is 0 Å². The maximum atomic E-state index is 10.7. The van der Waals surface area contributed by atoms with Gasteiger partial charge in [-0.3, -0.25) is 9.89 Å². The zero-order valence-electron chi connectivity index (χ0n) is 9.30. The van der Waals surface area contributed by atoms with E-state index < -0.39 is 5.97 Å². The van der Waals surface area contributed by atoms with Gasteiger partial charge in [-0.05, 0) is 24.0 Å². The molecule has 0 aliphatic rings. The van der Waals surface area contributed by atoms with Gasteiger partial charge < -0.3 is 5.11 Å². The van der Waals surface area contributed by atoms with Crippen LogP contribution < -0.4 is 0 Å². The highest BCUT2D eigenvalue weighted by Gasteiger charge is 2.10. The highest BCUT2D eigenvalue weighted by molar-refractivity contribution is 7.98. The fourth-order valence-corrected chi connectivity index (χ4v) is 2.03. The van der Waals surface area contributed by atoms with Crippen LogP contribution >= 0.6 is 11.8 Å². The topological polar surface area (TPSA) is 66.0 Å². The molecule has 0 unspecified atom stereocenters. The van der Waals surface area contributed by atoms with E-state index in [1.807, 2.05) is 30.5 Å². The number of aromatic nitrogens is 2. The van der Waals surface area contributed by atoms with Gasteiger partial charge in [0.05, 0.1) is 18.3 Å². The van der Waals surface area contributed by atoms with Crippen LogP contribution in [0.3, 0.4) is 0 Å². The van der Waals surface area contributed by atoms with Gasteiger partial charge >= 0.3 is 5.97 Å². The first kappa shape index (κ1) is 11.7. The lowest BCUT2D eigenvalue weighted by atomic mass is 10.1. The summed E-state index contributed by atoms with van der Waals surface area (Å²) in [5, 5.41) is 15.4. The van der Waals surface area contributed by atoms with Crippen molar-refractivity contribution in [1.82, 2.24) is 10.2 Å². The van der Waals surface area contributed by atoms with Gasteiger partial charge in [-0.1, -0.05) is 12.1 Å². The average Bonchev–Trinajstić information content (AvgIpc) is 2.76. The first-order chi connectivity index (χ1) is 8.20. The molecule has 5 heteroatoms. The van der Waals surface area contributed by atoms with Crippen molar-refractivity contribution in [2.24, 2.45) is 0 Å². The number of nitrogens with zero attached hydrogens (tertiary/aromatic N) is 1. The molecule has 0 amide bonds. The summed E-state index contributed by atoms with van der Waals surface area (Å²) in [6.07, 6.45) is 3.63. The monoisotopic (exact) mass is 248 g/mol. The molecular weight excluding hydrogens is 236 g/mol. The van der Waals surface area contributed by atoms with E-state index in [0.717, 1.165) is 11.1 Å². The summed E-state index contributed by atoms with van der Waals surface area (Å²) >= 11 is 1.67. The van der Waals surface area contributed by atoms with E-state index in [1.165, 1.54) is 4.90 Å². The fraction of sp³-hybridized carbons (Fsp3) is 0.167. The zero-order valence-corrected chi connectivity index (χ0v) is 10.1. The lowest BCUT2D eigenvalue weighted by Crippen LogP contribution is -2.01. The summed E-state index contributed by atoms with van der Waals surface area (Å²) in [6.45, 7) is 0. The van der Waals surface area contributed by atoms with E-state index >= 15 is 0 Å². The molecule has 0 radical (unpaired) electrons. The van der Waals surface area contributed by atoms with Crippen LogP contribution in [0.2, 0.25) is 0 Å². The Labute approximate surface area is 103 Å². The lowest BCUT2D eigenvalue weighted by Gasteiger charge is -2.02. The van der Waals surface area contributed by atoms with Crippen molar-refractivity contribution in [1.29, 1.82) is 0 Å². The molecule has 1 aromatic carbocycles. The second kappa shape index (κ2) is 5.05. The Morgan fingerprint density at radius 2 is 2.12 bits per heavy atom. The molecule has 0 bridgehead atoms.